The fourth-order valence-corrected chi connectivity index (χ4v) is 5.56. The van der Waals surface area contributed by atoms with Crippen molar-refractivity contribution >= 4 is 54.9 Å². The molecule has 1 heterocycles. The van der Waals surface area contributed by atoms with Crippen LogP contribution in [-0.2, 0) is 9.53 Å². The number of methoxy groups -OCH3 is 1. The molecular weight excluding hydrogens is 694 g/mol. The summed E-state index contributed by atoms with van der Waals surface area (Å²) in [5.41, 5.74) is 3.52. The fraction of sp³-hybridized carbons (Fsp3) is 0.333. The van der Waals surface area contributed by atoms with Crippen LogP contribution in [0.25, 0.3) is 22.3 Å². The maximum absolute atomic E-state index is 13.9. The van der Waals surface area contributed by atoms with E-state index in [-0.39, 0.29) is 18.1 Å². The first kappa shape index (κ1) is 33.2. The number of fused-ring (bicyclic) bond motifs is 1. The number of carbonyl (C=O) groups is 1. The molecule has 0 saturated heterocycles. The number of aryl methyl sites for hydroxylation is 1. The van der Waals surface area contributed by atoms with E-state index in [9.17, 15) is 9.59 Å². The van der Waals surface area contributed by atoms with E-state index in [1.165, 1.54) is 11.8 Å². The maximum atomic E-state index is 13.9. The first-order valence-corrected chi connectivity index (χ1v) is 15.8. The van der Waals surface area contributed by atoms with Crippen molar-refractivity contribution in [3.8, 4) is 28.6 Å². The molecule has 4 aromatic rings. The van der Waals surface area contributed by atoms with E-state index in [0.717, 1.165) is 22.4 Å². The number of halogens is 2. The monoisotopic (exact) mass is 727 g/mol. The summed E-state index contributed by atoms with van der Waals surface area (Å²) in [6.45, 7) is 12.2. The number of carbonyl (C=O) groups excluding carboxylic acids is 1. The van der Waals surface area contributed by atoms with Crippen molar-refractivity contribution in [3.63, 3.8) is 0 Å². The van der Waals surface area contributed by atoms with Crippen molar-refractivity contribution in [1.29, 1.82) is 0 Å². The summed E-state index contributed by atoms with van der Waals surface area (Å²) in [7, 11) is 1.50. The highest BCUT2D eigenvalue weighted by Crippen LogP contribution is 2.43. The molecule has 0 aliphatic carbocycles. The van der Waals surface area contributed by atoms with Gasteiger partial charge in [-0.3, -0.25) is 4.79 Å². The van der Waals surface area contributed by atoms with Crippen LogP contribution in [0.1, 0.15) is 57.2 Å². The minimum atomic E-state index is -0.871. The normalized spacial score (nSPS) is 12.1. The van der Waals surface area contributed by atoms with Crippen LogP contribution in [-0.4, -0.2) is 48.3 Å². The second-order valence-electron chi connectivity index (χ2n) is 10.2. The molecule has 0 radical (unpaired) electrons. The Labute approximate surface area is 273 Å². The topological polar surface area (TPSA) is 101 Å². The number of rotatable bonds is 11. The van der Waals surface area contributed by atoms with Gasteiger partial charge in [0.25, 0.3) is 5.56 Å². The van der Waals surface area contributed by atoms with Gasteiger partial charge in [-0.15, -0.1) is 0 Å². The second kappa shape index (κ2) is 14.4. The summed E-state index contributed by atoms with van der Waals surface area (Å²) >= 11 is 7.16. The molecule has 9 nitrogen and oxygen atoms in total. The van der Waals surface area contributed by atoms with Crippen molar-refractivity contribution in [2.24, 2.45) is 5.10 Å². The lowest BCUT2D eigenvalue weighted by Crippen LogP contribution is -2.26. The number of esters is 1. The molecule has 0 amide bonds. The molecule has 0 aliphatic heterocycles. The minimum Gasteiger partial charge on any atom is -0.494 e. The first-order chi connectivity index (χ1) is 21.0. The predicted octanol–water partition coefficient (Wildman–Crippen LogP) is 7.64. The third-order valence-electron chi connectivity index (χ3n) is 6.87. The highest BCUT2D eigenvalue weighted by molar-refractivity contribution is 9.13. The standard InChI is InChI=1S/C33H35Br2N3O6/c1-8-42-26-14-19(5)24(16-23(26)18(3)4)31-37-25-13-11-10-12-22(25)32(39)38(31)36-17-21-15-27(41-7)30(29(35)28(21)34)44-20(6)33(40)43-9-2/h10-18,20H,8-9H2,1-7H3/t20-/m0/s1. The molecule has 0 saturated carbocycles. The summed E-state index contributed by atoms with van der Waals surface area (Å²) in [5.74, 6) is 1.55. The van der Waals surface area contributed by atoms with Crippen LogP contribution in [0, 0.1) is 6.92 Å². The number of para-hydroxylation sites is 1. The van der Waals surface area contributed by atoms with Crippen LogP contribution in [0.3, 0.4) is 0 Å². The van der Waals surface area contributed by atoms with E-state index in [4.69, 9.17) is 23.9 Å². The average Bonchev–Trinajstić information content (AvgIpc) is 3.00. The lowest BCUT2D eigenvalue weighted by atomic mass is 9.96. The van der Waals surface area contributed by atoms with Crippen molar-refractivity contribution in [2.45, 2.75) is 53.6 Å². The molecule has 11 heteroatoms. The average molecular weight is 729 g/mol. The Morgan fingerprint density at radius 1 is 1.05 bits per heavy atom. The first-order valence-electron chi connectivity index (χ1n) is 14.2. The number of benzene rings is 3. The Hall–Kier alpha value is -3.70. The zero-order valence-corrected chi connectivity index (χ0v) is 28.9. The van der Waals surface area contributed by atoms with Gasteiger partial charge in [0.1, 0.15) is 5.75 Å². The number of hydrogen-bond donors (Lipinski definition) is 0. The Morgan fingerprint density at radius 3 is 2.43 bits per heavy atom. The molecule has 4 rings (SSSR count). The van der Waals surface area contributed by atoms with E-state index in [2.05, 4.69) is 50.8 Å². The summed E-state index contributed by atoms with van der Waals surface area (Å²) in [6.07, 6.45) is 0.675. The molecular formula is C33H35Br2N3O6. The quantitative estimate of drug-likeness (QED) is 0.116. The smallest absolute Gasteiger partial charge is 0.347 e. The lowest BCUT2D eigenvalue weighted by Gasteiger charge is -2.19. The van der Waals surface area contributed by atoms with Gasteiger partial charge in [-0.25, -0.2) is 9.78 Å². The third kappa shape index (κ3) is 6.83. The minimum absolute atomic E-state index is 0.174. The molecule has 1 aromatic heterocycles. The number of nitrogens with zero attached hydrogens (tertiary/aromatic N) is 3. The van der Waals surface area contributed by atoms with E-state index < -0.39 is 12.1 Å². The van der Waals surface area contributed by atoms with Gasteiger partial charge >= 0.3 is 5.97 Å². The van der Waals surface area contributed by atoms with Crippen LogP contribution < -0.4 is 19.8 Å². The van der Waals surface area contributed by atoms with Gasteiger partial charge in [0, 0.05) is 15.6 Å². The molecule has 0 bridgehead atoms. The second-order valence-corrected chi connectivity index (χ2v) is 11.8. The van der Waals surface area contributed by atoms with Gasteiger partial charge in [-0.2, -0.15) is 9.78 Å². The molecule has 0 aliphatic rings. The van der Waals surface area contributed by atoms with Gasteiger partial charge in [0.2, 0.25) is 0 Å². The van der Waals surface area contributed by atoms with Gasteiger partial charge < -0.3 is 18.9 Å². The maximum Gasteiger partial charge on any atom is 0.347 e. The molecule has 0 N–H and O–H groups in total. The lowest BCUT2D eigenvalue weighted by molar-refractivity contribution is -0.150. The molecule has 0 unspecified atom stereocenters. The zero-order chi connectivity index (χ0) is 32.1. The molecule has 0 fully saturated rings. The molecule has 232 valence electrons. The van der Waals surface area contributed by atoms with Crippen molar-refractivity contribution in [2.75, 3.05) is 20.3 Å². The molecule has 1 atom stereocenters. The molecule has 44 heavy (non-hydrogen) atoms. The zero-order valence-electron chi connectivity index (χ0n) is 25.7. The van der Waals surface area contributed by atoms with Crippen molar-refractivity contribution in [3.05, 3.63) is 78.5 Å². The van der Waals surface area contributed by atoms with Crippen molar-refractivity contribution < 1.29 is 23.7 Å². The Morgan fingerprint density at radius 2 is 1.77 bits per heavy atom. The Kier molecular flexibility index (Phi) is 10.9. The van der Waals surface area contributed by atoms with E-state index in [0.29, 0.717) is 49.3 Å². The van der Waals surface area contributed by atoms with Gasteiger partial charge in [0.15, 0.2) is 23.4 Å². The Balaban J connectivity index is 1.89. The summed E-state index contributed by atoms with van der Waals surface area (Å²) in [6, 6.07) is 12.9. The van der Waals surface area contributed by atoms with E-state index in [1.807, 2.05) is 38.1 Å². The van der Waals surface area contributed by atoms with Crippen LogP contribution >= 0.6 is 31.9 Å². The number of aromatic nitrogens is 2. The molecule has 3 aromatic carbocycles. The molecule has 0 spiro atoms. The fourth-order valence-electron chi connectivity index (χ4n) is 4.64. The number of hydrogen-bond acceptors (Lipinski definition) is 8. The number of ether oxygens (including phenoxy) is 4. The van der Waals surface area contributed by atoms with Crippen LogP contribution in [0.2, 0.25) is 0 Å². The van der Waals surface area contributed by atoms with Crippen LogP contribution in [0.4, 0.5) is 0 Å². The van der Waals surface area contributed by atoms with Gasteiger partial charge in [-0.1, -0.05) is 26.0 Å². The van der Waals surface area contributed by atoms with Gasteiger partial charge in [-0.05, 0) is 107 Å². The summed E-state index contributed by atoms with van der Waals surface area (Å²) < 4.78 is 24.9. The SMILES string of the molecule is CCOC(=O)[C@H](C)Oc1c(OC)cc(C=Nn2c(-c3cc(C(C)C)c(OCC)cc3C)nc3ccccc3c2=O)c(Br)c1Br. The predicted molar refractivity (Wildman–Crippen MR) is 180 cm³/mol. The summed E-state index contributed by atoms with van der Waals surface area (Å²) in [4.78, 5) is 31.0. The highest BCUT2D eigenvalue weighted by atomic mass is 79.9. The van der Waals surface area contributed by atoms with E-state index >= 15 is 0 Å². The largest absolute Gasteiger partial charge is 0.494 e. The van der Waals surface area contributed by atoms with Crippen molar-refractivity contribution in [1.82, 2.24) is 9.66 Å². The highest BCUT2D eigenvalue weighted by Gasteiger charge is 2.23. The van der Waals surface area contributed by atoms with Gasteiger partial charge in [0.05, 0.1) is 41.9 Å². The summed E-state index contributed by atoms with van der Waals surface area (Å²) in [5, 5.41) is 5.10. The third-order valence-corrected chi connectivity index (χ3v) is 9.02. The Bertz CT molecular complexity index is 1780. The van der Waals surface area contributed by atoms with Crippen LogP contribution in [0.15, 0.2) is 61.3 Å². The van der Waals surface area contributed by atoms with E-state index in [1.54, 1.807) is 38.3 Å². The van der Waals surface area contributed by atoms with Crippen LogP contribution in [0.5, 0.6) is 17.2 Å².